The Hall–Kier alpha value is -2.09. The van der Waals surface area contributed by atoms with E-state index in [2.05, 4.69) is 0 Å². The number of anilines is 1. The molecule has 0 fully saturated rings. The molecule has 78 valence electrons. The van der Waals surface area contributed by atoms with Gasteiger partial charge in [-0.2, -0.15) is 0 Å². The van der Waals surface area contributed by atoms with E-state index < -0.39 is 0 Å². The molecule has 1 nitrogen and oxygen atoms in total. The number of halogens is 1. The molecule has 0 aliphatic heterocycles. The lowest BCUT2D eigenvalue weighted by Crippen LogP contribution is -1.91. The van der Waals surface area contributed by atoms with Crippen LogP contribution in [-0.2, 0) is 0 Å². The van der Waals surface area contributed by atoms with Crippen molar-refractivity contribution in [2.75, 3.05) is 5.73 Å². The third kappa shape index (κ3) is 1.23. The third-order valence-electron chi connectivity index (χ3n) is 2.87. The molecule has 0 aliphatic carbocycles. The van der Waals surface area contributed by atoms with Crippen molar-refractivity contribution < 1.29 is 4.39 Å². The van der Waals surface area contributed by atoms with Crippen molar-refractivity contribution in [1.82, 2.24) is 0 Å². The minimum Gasteiger partial charge on any atom is -0.396 e. The summed E-state index contributed by atoms with van der Waals surface area (Å²) in [6.45, 7) is 0. The quantitative estimate of drug-likeness (QED) is 0.445. The first-order valence-corrected chi connectivity index (χ1v) is 5.12. The third-order valence-corrected chi connectivity index (χ3v) is 2.87. The van der Waals surface area contributed by atoms with Gasteiger partial charge in [0.05, 0.1) is 5.69 Å². The number of nitrogen functional groups attached to an aromatic ring is 1. The van der Waals surface area contributed by atoms with Gasteiger partial charge in [-0.3, -0.25) is 0 Å². The van der Waals surface area contributed by atoms with Gasteiger partial charge in [-0.25, -0.2) is 4.39 Å². The monoisotopic (exact) mass is 211 g/mol. The SMILES string of the molecule is Nc1c(F)ccc2cc3ccccc3cc12. The Balaban J connectivity index is 2.51. The maximum atomic E-state index is 13.3. The van der Waals surface area contributed by atoms with E-state index >= 15 is 0 Å². The van der Waals surface area contributed by atoms with Crippen molar-refractivity contribution in [1.29, 1.82) is 0 Å². The molecular formula is C14H10FN. The first kappa shape index (κ1) is 9.16. The van der Waals surface area contributed by atoms with Crippen molar-refractivity contribution in [3.63, 3.8) is 0 Å². The van der Waals surface area contributed by atoms with Crippen LogP contribution in [0.4, 0.5) is 10.1 Å². The van der Waals surface area contributed by atoms with Crippen molar-refractivity contribution in [2.45, 2.75) is 0 Å². The molecule has 0 unspecified atom stereocenters. The van der Waals surface area contributed by atoms with E-state index in [-0.39, 0.29) is 11.5 Å². The molecule has 0 aliphatic rings. The highest BCUT2D eigenvalue weighted by Crippen LogP contribution is 2.28. The summed E-state index contributed by atoms with van der Waals surface area (Å²) >= 11 is 0. The van der Waals surface area contributed by atoms with Crippen LogP contribution in [0.3, 0.4) is 0 Å². The number of hydrogen-bond donors (Lipinski definition) is 1. The number of fused-ring (bicyclic) bond motifs is 2. The second-order valence-electron chi connectivity index (χ2n) is 3.88. The van der Waals surface area contributed by atoms with E-state index in [0.29, 0.717) is 0 Å². The smallest absolute Gasteiger partial charge is 0.146 e. The molecule has 3 rings (SSSR count). The first-order chi connectivity index (χ1) is 7.75. The van der Waals surface area contributed by atoms with Crippen LogP contribution in [0.1, 0.15) is 0 Å². The van der Waals surface area contributed by atoms with Gasteiger partial charge in [0, 0.05) is 5.39 Å². The zero-order chi connectivity index (χ0) is 11.1. The van der Waals surface area contributed by atoms with Crippen LogP contribution in [-0.4, -0.2) is 0 Å². The van der Waals surface area contributed by atoms with E-state index in [4.69, 9.17) is 5.73 Å². The summed E-state index contributed by atoms with van der Waals surface area (Å²) in [6.07, 6.45) is 0. The average molecular weight is 211 g/mol. The molecule has 0 atom stereocenters. The van der Waals surface area contributed by atoms with Crippen molar-refractivity contribution in [3.05, 3.63) is 54.3 Å². The van der Waals surface area contributed by atoms with Crippen LogP contribution in [0.5, 0.6) is 0 Å². The Bertz CT molecular complexity index is 689. The zero-order valence-corrected chi connectivity index (χ0v) is 8.57. The summed E-state index contributed by atoms with van der Waals surface area (Å²) in [4.78, 5) is 0. The lowest BCUT2D eigenvalue weighted by Gasteiger charge is -2.05. The zero-order valence-electron chi connectivity index (χ0n) is 8.57. The maximum absolute atomic E-state index is 13.3. The van der Waals surface area contributed by atoms with Crippen LogP contribution in [0, 0.1) is 5.82 Å². The molecule has 3 aromatic rings. The van der Waals surface area contributed by atoms with Crippen LogP contribution < -0.4 is 5.73 Å². The van der Waals surface area contributed by atoms with E-state index in [1.807, 2.05) is 36.4 Å². The van der Waals surface area contributed by atoms with Gasteiger partial charge < -0.3 is 5.73 Å². The number of benzene rings is 3. The number of nitrogens with two attached hydrogens (primary N) is 1. The fraction of sp³-hybridized carbons (Fsp3) is 0. The fourth-order valence-corrected chi connectivity index (χ4v) is 2.01. The summed E-state index contributed by atoms with van der Waals surface area (Å²) in [5.41, 5.74) is 5.96. The van der Waals surface area contributed by atoms with Crippen molar-refractivity contribution >= 4 is 27.2 Å². The molecule has 0 saturated carbocycles. The highest BCUT2D eigenvalue weighted by Gasteiger charge is 2.04. The second kappa shape index (κ2) is 3.20. The lowest BCUT2D eigenvalue weighted by atomic mass is 10.0. The minimum atomic E-state index is -0.359. The van der Waals surface area contributed by atoms with Gasteiger partial charge in [0.2, 0.25) is 0 Å². The molecule has 0 saturated heterocycles. The van der Waals surface area contributed by atoms with Crippen LogP contribution in [0.2, 0.25) is 0 Å². The van der Waals surface area contributed by atoms with Crippen molar-refractivity contribution in [3.8, 4) is 0 Å². The number of rotatable bonds is 0. The van der Waals surface area contributed by atoms with Crippen LogP contribution in [0.15, 0.2) is 48.5 Å². The predicted molar refractivity (Wildman–Crippen MR) is 65.8 cm³/mol. The molecule has 0 heterocycles. The molecule has 0 radical (unpaired) electrons. The van der Waals surface area contributed by atoms with Crippen molar-refractivity contribution in [2.24, 2.45) is 0 Å². The Kier molecular flexibility index (Phi) is 1.83. The molecule has 16 heavy (non-hydrogen) atoms. The summed E-state index contributed by atoms with van der Waals surface area (Å²) in [6, 6.07) is 15.1. The Morgan fingerprint density at radius 1 is 0.812 bits per heavy atom. The summed E-state index contributed by atoms with van der Waals surface area (Å²) in [5.74, 6) is -0.359. The summed E-state index contributed by atoms with van der Waals surface area (Å²) in [7, 11) is 0. The van der Waals surface area contributed by atoms with Gasteiger partial charge >= 0.3 is 0 Å². The summed E-state index contributed by atoms with van der Waals surface area (Å²) in [5, 5.41) is 3.96. The summed E-state index contributed by atoms with van der Waals surface area (Å²) < 4.78 is 13.3. The highest BCUT2D eigenvalue weighted by atomic mass is 19.1. The molecule has 2 N–H and O–H groups in total. The Morgan fingerprint density at radius 3 is 2.25 bits per heavy atom. The lowest BCUT2D eigenvalue weighted by molar-refractivity contribution is 0.634. The van der Waals surface area contributed by atoms with E-state index in [1.54, 1.807) is 6.07 Å². The maximum Gasteiger partial charge on any atom is 0.146 e. The van der Waals surface area contributed by atoms with Gasteiger partial charge in [0.15, 0.2) is 0 Å². The van der Waals surface area contributed by atoms with Crippen LogP contribution >= 0.6 is 0 Å². The van der Waals surface area contributed by atoms with E-state index in [0.717, 1.165) is 21.5 Å². The molecule has 0 bridgehead atoms. The standard InChI is InChI=1S/C14H10FN/c15-13-6-5-11-7-9-3-1-2-4-10(9)8-12(11)14(13)16/h1-8H,16H2. The Labute approximate surface area is 92.3 Å². The highest BCUT2D eigenvalue weighted by molar-refractivity contribution is 6.03. The van der Waals surface area contributed by atoms with Crippen LogP contribution in [0.25, 0.3) is 21.5 Å². The molecule has 0 aromatic heterocycles. The molecule has 2 heteroatoms. The average Bonchev–Trinajstić information content (AvgIpc) is 2.32. The number of hydrogen-bond acceptors (Lipinski definition) is 1. The van der Waals surface area contributed by atoms with Gasteiger partial charge in [0.25, 0.3) is 0 Å². The molecule has 3 aromatic carbocycles. The predicted octanol–water partition coefficient (Wildman–Crippen LogP) is 3.71. The fourth-order valence-electron chi connectivity index (χ4n) is 2.01. The first-order valence-electron chi connectivity index (χ1n) is 5.12. The molecular weight excluding hydrogens is 201 g/mol. The molecule has 0 spiro atoms. The van der Waals surface area contributed by atoms with Gasteiger partial charge in [-0.15, -0.1) is 0 Å². The Morgan fingerprint density at radius 2 is 1.50 bits per heavy atom. The normalized spacial score (nSPS) is 11.1. The van der Waals surface area contributed by atoms with Gasteiger partial charge in [-0.1, -0.05) is 30.3 Å². The second-order valence-corrected chi connectivity index (χ2v) is 3.88. The van der Waals surface area contributed by atoms with Gasteiger partial charge in [0.1, 0.15) is 5.82 Å². The largest absolute Gasteiger partial charge is 0.396 e. The molecule has 0 amide bonds. The van der Waals surface area contributed by atoms with E-state index in [9.17, 15) is 4.39 Å². The topological polar surface area (TPSA) is 26.0 Å². The van der Waals surface area contributed by atoms with E-state index in [1.165, 1.54) is 6.07 Å². The minimum absolute atomic E-state index is 0.225. The van der Waals surface area contributed by atoms with Gasteiger partial charge in [-0.05, 0) is 34.4 Å².